The van der Waals surface area contributed by atoms with Crippen molar-refractivity contribution < 1.29 is 14.3 Å². The molecule has 124 valence electrons. The van der Waals surface area contributed by atoms with Gasteiger partial charge in [-0.1, -0.05) is 45.4 Å². The van der Waals surface area contributed by atoms with E-state index in [0.29, 0.717) is 0 Å². The molecular formula is C17H34O3Si. The molecule has 3 nitrogen and oxygen atoms in total. The molecule has 0 radical (unpaired) electrons. The lowest BCUT2D eigenvalue weighted by atomic mass is 9.97. The second-order valence-corrected chi connectivity index (χ2v) is 12.1. The summed E-state index contributed by atoms with van der Waals surface area (Å²) in [6, 6.07) is 0. The molecule has 21 heavy (non-hydrogen) atoms. The predicted molar refractivity (Wildman–Crippen MR) is 93.1 cm³/mol. The van der Waals surface area contributed by atoms with Gasteiger partial charge in [0.15, 0.2) is 8.32 Å². The summed E-state index contributed by atoms with van der Waals surface area (Å²) in [4.78, 5) is 0. The van der Waals surface area contributed by atoms with Gasteiger partial charge in [0, 0.05) is 13.0 Å². The first-order valence-electron chi connectivity index (χ1n) is 7.61. The third-order valence-electron chi connectivity index (χ3n) is 4.38. The van der Waals surface area contributed by atoms with Crippen LogP contribution in [0.4, 0.5) is 0 Å². The van der Waals surface area contributed by atoms with Crippen molar-refractivity contribution in [2.45, 2.75) is 65.0 Å². The van der Waals surface area contributed by atoms with E-state index in [1.54, 1.807) is 13.2 Å². The lowest BCUT2D eigenvalue weighted by molar-refractivity contribution is 0.00591. The first-order valence-corrected chi connectivity index (χ1v) is 10.5. The third-order valence-corrected chi connectivity index (χ3v) is 8.85. The highest BCUT2D eigenvalue weighted by Gasteiger charge is 2.41. The van der Waals surface area contributed by atoms with Crippen LogP contribution >= 0.6 is 0 Å². The van der Waals surface area contributed by atoms with Crippen LogP contribution in [0.2, 0.25) is 18.1 Å². The molecule has 0 aromatic heterocycles. The zero-order valence-electron chi connectivity index (χ0n) is 15.1. The van der Waals surface area contributed by atoms with Crippen molar-refractivity contribution in [3.05, 3.63) is 24.3 Å². The van der Waals surface area contributed by atoms with Crippen molar-refractivity contribution in [1.82, 2.24) is 0 Å². The van der Waals surface area contributed by atoms with Crippen LogP contribution in [-0.2, 0) is 9.16 Å². The van der Waals surface area contributed by atoms with Gasteiger partial charge in [-0.3, -0.25) is 0 Å². The Balaban J connectivity index is 5.39. The van der Waals surface area contributed by atoms with Crippen LogP contribution in [0.15, 0.2) is 24.3 Å². The fraction of sp³-hybridized carbons (Fsp3) is 0.765. The summed E-state index contributed by atoms with van der Waals surface area (Å²) in [6.45, 7) is 19.1. The maximum atomic E-state index is 9.23. The quantitative estimate of drug-likeness (QED) is 0.540. The summed E-state index contributed by atoms with van der Waals surface area (Å²) in [5, 5.41) is 9.37. The van der Waals surface area contributed by atoms with Gasteiger partial charge in [-0.15, -0.1) is 6.58 Å². The number of methoxy groups -OCH3 is 1. The van der Waals surface area contributed by atoms with Gasteiger partial charge in [0.1, 0.15) is 6.10 Å². The average Bonchev–Trinajstić information content (AvgIpc) is 2.37. The van der Waals surface area contributed by atoms with Crippen LogP contribution in [0.25, 0.3) is 0 Å². The van der Waals surface area contributed by atoms with Crippen LogP contribution in [0.5, 0.6) is 0 Å². The number of hydrogen-bond donors (Lipinski definition) is 1. The van der Waals surface area contributed by atoms with E-state index in [1.165, 1.54) is 0 Å². The Hall–Kier alpha value is -0.423. The molecule has 0 rings (SSSR count). The maximum absolute atomic E-state index is 9.23. The molecule has 0 aromatic carbocycles. The highest BCUT2D eigenvalue weighted by molar-refractivity contribution is 6.74. The molecule has 1 unspecified atom stereocenters. The minimum absolute atomic E-state index is 0.0723. The predicted octanol–water partition coefficient (Wildman–Crippen LogP) is 4.15. The van der Waals surface area contributed by atoms with Crippen molar-refractivity contribution in [3.63, 3.8) is 0 Å². The molecular weight excluding hydrogens is 280 g/mol. The van der Waals surface area contributed by atoms with Gasteiger partial charge in [-0.2, -0.15) is 0 Å². The smallest absolute Gasteiger partial charge is 0.192 e. The fourth-order valence-electron chi connectivity index (χ4n) is 1.95. The highest BCUT2D eigenvalue weighted by atomic mass is 28.4. The number of hydrogen-bond acceptors (Lipinski definition) is 3. The van der Waals surface area contributed by atoms with Crippen LogP contribution < -0.4 is 0 Å². The summed E-state index contributed by atoms with van der Waals surface area (Å²) in [5.41, 5.74) is 0.949. The second-order valence-electron chi connectivity index (χ2n) is 7.31. The Bertz CT molecular complexity index is 356. The molecule has 0 bridgehead atoms. The van der Waals surface area contributed by atoms with Crippen molar-refractivity contribution in [2.24, 2.45) is 5.92 Å². The van der Waals surface area contributed by atoms with Gasteiger partial charge in [0.05, 0.1) is 12.7 Å². The van der Waals surface area contributed by atoms with Crippen LogP contribution in [0, 0.1) is 5.92 Å². The van der Waals surface area contributed by atoms with E-state index in [4.69, 9.17) is 9.16 Å². The lowest BCUT2D eigenvalue weighted by Crippen LogP contribution is -2.49. The molecule has 0 saturated heterocycles. The number of ether oxygens (including phenoxy) is 1. The van der Waals surface area contributed by atoms with E-state index in [-0.39, 0.29) is 29.8 Å². The monoisotopic (exact) mass is 314 g/mol. The Morgan fingerprint density at radius 2 is 1.86 bits per heavy atom. The minimum atomic E-state index is -1.91. The summed E-state index contributed by atoms with van der Waals surface area (Å²) < 4.78 is 12.1. The number of aliphatic hydroxyl groups is 1. The molecule has 1 N–H and O–H groups in total. The van der Waals surface area contributed by atoms with E-state index < -0.39 is 8.32 Å². The van der Waals surface area contributed by atoms with E-state index >= 15 is 0 Å². The summed E-state index contributed by atoms with van der Waals surface area (Å²) >= 11 is 0. The Kier molecular flexibility index (Phi) is 8.11. The molecule has 0 heterocycles. The normalized spacial score (nSPS) is 18.2. The van der Waals surface area contributed by atoms with Crippen molar-refractivity contribution >= 4 is 8.32 Å². The zero-order chi connectivity index (χ0) is 16.8. The van der Waals surface area contributed by atoms with Crippen LogP contribution in [-0.4, -0.2) is 39.3 Å². The molecule has 0 fully saturated rings. The lowest BCUT2D eigenvalue weighted by Gasteiger charge is -2.42. The van der Waals surface area contributed by atoms with E-state index in [1.807, 2.05) is 6.92 Å². The molecule has 0 saturated carbocycles. The molecule has 0 spiro atoms. The Labute approximate surface area is 132 Å². The van der Waals surface area contributed by atoms with Gasteiger partial charge < -0.3 is 14.3 Å². The van der Waals surface area contributed by atoms with E-state index in [0.717, 1.165) is 5.57 Å². The van der Waals surface area contributed by atoms with E-state index in [9.17, 15) is 5.11 Å². The molecule has 0 amide bonds. The first kappa shape index (κ1) is 20.6. The standard InChI is InChI=1S/C17H34O3Si/c1-10-15(19-7)16(14(3)11-13(2)12-18)20-21(8,9)17(4,5)6/h10-11,14-16,18H,1,12H2,2-9H3/b13-11-/t14?,15-,16-/m0/s1. The van der Waals surface area contributed by atoms with Gasteiger partial charge in [-0.25, -0.2) is 0 Å². The SMILES string of the molecule is C=C[C@H](OC)[C@@H](O[Si](C)(C)C(C)(C)C)C(C)/C=C(/C)CO. The zero-order valence-corrected chi connectivity index (χ0v) is 16.1. The average molecular weight is 315 g/mol. The summed E-state index contributed by atoms with van der Waals surface area (Å²) in [7, 11) is -0.223. The molecule has 0 aliphatic heterocycles. The fourth-order valence-corrected chi connectivity index (χ4v) is 3.33. The Morgan fingerprint density at radius 3 is 2.19 bits per heavy atom. The number of rotatable bonds is 8. The van der Waals surface area contributed by atoms with E-state index in [2.05, 4.69) is 53.4 Å². The summed E-state index contributed by atoms with van der Waals surface area (Å²) in [6.07, 6.45) is 3.62. The second kappa shape index (κ2) is 8.27. The molecule has 0 aliphatic carbocycles. The highest BCUT2D eigenvalue weighted by Crippen LogP contribution is 2.39. The first-order chi connectivity index (χ1) is 9.50. The molecule has 0 aromatic rings. The van der Waals surface area contributed by atoms with Crippen LogP contribution in [0.3, 0.4) is 0 Å². The van der Waals surface area contributed by atoms with Crippen LogP contribution in [0.1, 0.15) is 34.6 Å². The van der Waals surface area contributed by atoms with Crippen molar-refractivity contribution in [1.29, 1.82) is 0 Å². The van der Waals surface area contributed by atoms with Gasteiger partial charge >= 0.3 is 0 Å². The summed E-state index contributed by atoms with van der Waals surface area (Å²) in [5.74, 6) is 0.147. The molecule has 3 atom stereocenters. The van der Waals surface area contributed by atoms with Crippen molar-refractivity contribution in [2.75, 3.05) is 13.7 Å². The van der Waals surface area contributed by atoms with Crippen molar-refractivity contribution in [3.8, 4) is 0 Å². The molecule has 4 heteroatoms. The molecule has 0 aliphatic rings. The topological polar surface area (TPSA) is 38.7 Å². The largest absolute Gasteiger partial charge is 0.410 e. The van der Waals surface area contributed by atoms with Gasteiger partial charge in [0.2, 0.25) is 0 Å². The minimum Gasteiger partial charge on any atom is -0.410 e. The maximum Gasteiger partial charge on any atom is 0.192 e. The van der Waals surface area contributed by atoms with Gasteiger partial charge in [0.25, 0.3) is 0 Å². The van der Waals surface area contributed by atoms with Gasteiger partial charge in [-0.05, 0) is 25.1 Å². The Morgan fingerprint density at radius 1 is 1.33 bits per heavy atom. The third kappa shape index (κ3) is 6.07. The number of aliphatic hydroxyl groups excluding tert-OH is 1.